The third-order valence-electron chi connectivity index (χ3n) is 2.56. The molecule has 2 rings (SSSR count). The van der Waals surface area contributed by atoms with Gasteiger partial charge in [0.15, 0.2) is 0 Å². The summed E-state index contributed by atoms with van der Waals surface area (Å²) in [5.41, 5.74) is 5.28. The van der Waals surface area contributed by atoms with Crippen molar-refractivity contribution >= 4 is 17.7 Å². The zero-order valence-corrected chi connectivity index (χ0v) is 9.62. The SMILES string of the molecule is CN1C(=O)[C@@H](OC(N)=O)COc2ccc(O)cc21. The lowest BCUT2D eigenvalue weighted by molar-refractivity contribution is -0.127. The number of phenolic OH excluding ortho intramolecular Hbond substituents is 1. The number of hydrogen-bond donors (Lipinski definition) is 2. The molecule has 3 N–H and O–H groups in total. The fourth-order valence-electron chi connectivity index (χ4n) is 1.69. The maximum atomic E-state index is 12.0. The van der Waals surface area contributed by atoms with Crippen LogP contribution in [0.15, 0.2) is 18.2 Å². The molecule has 0 saturated heterocycles. The lowest BCUT2D eigenvalue weighted by atomic mass is 10.2. The van der Waals surface area contributed by atoms with E-state index in [9.17, 15) is 14.7 Å². The van der Waals surface area contributed by atoms with Crippen LogP contribution in [0, 0.1) is 0 Å². The monoisotopic (exact) mass is 252 g/mol. The number of phenols is 1. The maximum absolute atomic E-state index is 12.0. The van der Waals surface area contributed by atoms with E-state index >= 15 is 0 Å². The molecule has 1 aliphatic rings. The fourth-order valence-corrected chi connectivity index (χ4v) is 1.69. The van der Waals surface area contributed by atoms with Gasteiger partial charge in [-0.15, -0.1) is 0 Å². The highest BCUT2D eigenvalue weighted by molar-refractivity contribution is 5.99. The molecular weight excluding hydrogens is 240 g/mol. The van der Waals surface area contributed by atoms with Gasteiger partial charge in [-0.2, -0.15) is 0 Å². The Morgan fingerprint density at radius 2 is 2.33 bits per heavy atom. The van der Waals surface area contributed by atoms with Crippen molar-refractivity contribution in [3.8, 4) is 11.5 Å². The zero-order valence-electron chi connectivity index (χ0n) is 9.62. The molecule has 7 nitrogen and oxygen atoms in total. The molecule has 1 heterocycles. The molecule has 0 radical (unpaired) electrons. The van der Waals surface area contributed by atoms with Crippen LogP contribution in [0.1, 0.15) is 0 Å². The van der Waals surface area contributed by atoms with Gasteiger partial charge in [0.05, 0.1) is 5.69 Å². The molecule has 0 fully saturated rings. The number of amides is 2. The molecular formula is C11H12N2O5. The van der Waals surface area contributed by atoms with Gasteiger partial charge in [-0.25, -0.2) is 4.79 Å². The van der Waals surface area contributed by atoms with Crippen molar-refractivity contribution < 1.29 is 24.2 Å². The van der Waals surface area contributed by atoms with Gasteiger partial charge in [0.2, 0.25) is 6.10 Å². The summed E-state index contributed by atoms with van der Waals surface area (Å²) in [6.45, 7) is -0.121. The first-order chi connectivity index (χ1) is 8.49. The van der Waals surface area contributed by atoms with E-state index in [0.29, 0.717) is 11.4 Å². The summed E-state index contributed by atoms with van der Waals surface area (Å²) < 4.78 is 10.0. The number of likely N-dealkylation sites (N-methyl/N-ethyl adjacent to an activating group) is 1. The minimum atomic E-state index is -1.10. The van der Waals surface area contributed by atoms with Crippen molar-refractivity contribution in [1.82, 2.24) is 0 Å². The fraction of sp³-hybridized carbons (Fsp3) is 0.273. The van der Waals surface area contributed by atoms with Crippen molar-refractivity contribution in [3.63, 3.8) is 0 Å². The third-order valence-corrected chi connectivity index (χ3v) is 2.56. The maximum Gasteiger partial charge on any atom is 0.405 e. The van der Waals surface area contributed by atoms with Gasteiger partial charge in [-0.05, 0) is 12.1 Å². The molecule has 1 aromatic rings. The topological polar surface area (TPSA) is 102 Å². The number of rotatable bonds is 1. The first-order valence-corrected chi connectivity index (χ1v) is 5.18. The molecule has 7 heteroatoms. The third kappa shape index (κ3) is 2.15. The van der Waals surface area contributed by atoms with E-state index in [4.69, 9.17) is 10.5 Å². The molecule has 0 unspecified atom stereocenters. The van der Waals surface area contributed by atoms with Gasteiger partial charge in [0.1, 0.15) is 18.1 Å². The molecule has 0 spiro atoms. The van der Waals surface area contributed by atoms with Crippen molar-refractivity contribution in [2.45, 2.75) is 6.10 Å². The van der Waals surface area contributed by atoms with Gasteiger partial charge >= 0.3 is 6.09 Å². The van der Waals surface area contributed by atoms with Crippen molar-refractivity contribution in [1.29, 1.82) is 0 Å². The van der Waals surface area contributed by atoms with Crippen LogP contribution in [0.25, 0.3) is 0 Å². The Bertz CT molecular complexity index is 502. The molecule has 1 aromatic carbocycles. The van der Waals surface area contributed by atoms with Crippen LogP contribution in [0.3, 0.4) is 0 Å². The minimum Gasteiger partial charge on any atom is -0.508 e. The number of carbonyl (C=O) groups excluding carboxylic acids is 2. The van der Waals surface area contributed by atoms with Gasteiger partial charge in [0, 0.05) is 13.1 Å². The normalized spacial score (nSPS) is 18.6. The smallest absolute Gasteiger partial charge is 0.405 e. The highest BCUT2D eigenvalue weighted by Gasteiger charge is 2.31. The zero-order chi connectivity index (χ0) is 13.3. The molecule has 96 valence electrons. The number of anilines is 1. The van der Waals surface area contributed by atoms with Crippen LogP contribution in [0.2, 0.25) is 0 Å². The summed E-state index contributed by atoms with van der Waals surface area (Å²) in [4.78, 5) is 23.9. The Balaban J connectivity index is 2.33. The van der Waals surface area contributed by atoms with Crippen LogP contribution in [0.5, 0.6) is 11.5 Å². The summed E-state index contributed by atoms with van der Waals surface area (Å²) in [6, 6.07) is 4.35. The van der Waals surface area contributed by atoms with E-state index in [1.54, 1.807) is 0 Å². The Morgan fingerprint density at radius 3 is 3.00 bits per heavy atom. The molecule has 2 amide bonds. The number of hydrogen-bond acceptors (Lipinski definition) is 5. The van der Waals surface area contributed by atoms with E-state index in [1.165, 1.54) is 30.1 Å². The number of fused-ring (bicyclic) bond motifs is 1. The second kappa shape index (κ2) is 4.44. The summed E-state index contributed by atoms with van der Waals surface area (Å²) in [6.07, 6.45) is -2.14. The quantitative estimate of drug-likeness (QED) is 0.743. The van der Waals surface area contributed by atoms with Crippen LogP contribution < -0.4 is 15.4 Å². The van der Waals surface area contributed by atoms with Crippen LogP contribution >= 0.6 is 0 Å². The Hall–Kier alpha value is -2.44. The molecule has 0 aliphatic carbocycles. The average Bonchev–Trinajstić information content (AvgIpc) is 2.42. The second-order valence-corrected chi connectivity index (χ2v) is 3.79. The van der Waals surface area contributed by atoms with Crippen molar-refractivity contribution in [3.05, 3.63) is 18.2 Å². The first kappa shape index (κ1) is 12.0. The molecule has 0 aromatic heterocycles. The molecule has 0 bridgehead atoms. The average molecular weight is 252 g/mol. The number of aromatic hydroxyl groups is 1. The van der Waals surface area contributed by atoms with Gasteiger partial charge < -0.3 is 25.2 Å². The van der Waals surface area contributed by atoms with Gasteiger partial charge in [-0.3, -0.25) is 4.79 Å². The Labute approximate surface area is 103 Å². The lowest BCUT2D eigenvalue weighted by Crippen LogP contribution is -2.41. The number of nitrogens with zero attached hydrogens (tertiary/aromatic N) is 1. The predicted molar refractivity (Wildman–Crippen MR) is 61.5 cm³/mol. The summed E-state index contributed by atoms with van der Waals surface area (Å²) in [5, 5.41) is 9.40. The summed E-state index contributed by atoms with van der Waals surface area (Å²) in [7, 11) is 1.49. The number of ether oxygens (including phenoxy) is 2. The molecule has 18 heavy (non-hydrogen) atoms. The molecule has 1 aliphatic heterocycles. The first-order valence-electron chi connectivity index (χ1n) is 5.18. The second-order valence-electron chi connectivity index (χ2n) is 3.79. The largest absolute Gasteiger partial charge is 0.508 e. The van der Waals surface area contributed by atoms with Crippen molar-refractivity contribution in [2.75, 3.05) is 18.6 Å². The van der Waals surface area contributed by atoms with E-state index in [-0.39, 0.29) is 12.4 Å². The standard InChI is InChI=1S/C11H12N2O5/c1-13-7-4-6(14)2-3-8(7)17-5-9(10(13)15)18-11(12)16/h2-4,9,14H,5H2,1H3,(H2,12,16)/t9-/m0/s1. The number of benzene rings is 1. The number of nitrogens with two attached hydrogens (primary N) is 1. The molecule has 1 atom stereocenters. The summed E-state index contributed by atoms with van der Waals surface area (Å²) in [5.74, 6) is -0.0522. The van der Waals surface area contributed by atoms with Crippen LogP contribution in [0.4, 0.5) is 10.5 Å². The Morgan fingerprint density at radius 1 is 1.61 bits per heavy atom. The van der Waals surface area contributed by atoms with E-state index in [0.717, 1.165) is 0 Å². The lowest BCUT2D eigenvalue weighted by Gasteiger charge is -2.18. The van der Waals surface area contributed by atoms with Gasteiger partial charge in [0.25, 0.3) is 5.91 Å². The summed E-state index contributed by atoms with van der Waals surface area (Å²) >= 11 is 0. The molecule has 0 saturated carbocycles. The van der Waals surface area contributed by atoms with E-state index < -0.39 is 18.1 Å². The van der Waals surface area contributed by atoms with Crippen LogP contribution in [-0.4, -0.2) is 36.9 Å². The minimum absolute atomic E-state index is 0.00581. The highest BCUT2D eigenvalue weighted by Crippen LogP contribution is 2.33. The highest BCUT2D eigenvalue weighted by atomic mass is 16.6. The van der Waals surface area contributed by atoms with Crippen molar-refractivity contribution in [2.24, 2.45) is 5.73 Å². The number of carbonyl (C=O) groups is 2. The van der Waals surface area contributed by atoms with E-state index in [1.807, 2.05) is 0 Å². The number of primary amides is 1. The van der Waals surface area contributed by atoms with Crippen LogP contribution in [-0.2, 0) is 9.53 Å². The Kier molecular flexibility index (Phi) is 2.97. The van der Waals surface area contributed by atoms with E-state index in [2.05, 4.69) is 4.74 Å². The predicted octanol–water partition coefficient (Wildman–Crippen LogP) is 0.211. The van der Waals surface area contributed by atoms with Gasteiger partial charge in [-0.1, -0.05) is 0 Å².